The second kappa shape index (κ2) is 9.20. The van der Waals surface area contributed by atoms with Crippen LogP contribution in [0.25, 0.3) is 0 Å². The molecule has 2 aromatic heterocycles. The number of rotatable bonds is 6. The number of halogens is 3. The molecule has 0 saturated carbocycles. The van der Waals surface area contributed by atoms with Crippen molar-refractivity contribution in [3.63, 3.8) is 0 Å². The van der Waals surface area contributed by atoms with Crippen LogP contribution in [0.3, 0.4) is 0 Å². The lowest BCUT2D eigenvalue weighted by atomic mass is 10.1. The molecule has 1 aromatic carbocycles. The maximum Gasteiger partial charge on any atom is 0.300 e. The van der Waals surface area contributed by atoms with Gasteiger partial charge in [-0.15, -0.1) is 22.7 Å². The summed E-state index contributed by atoms with van der Waals surface area (Å²) < 4.78 is 40.4. The van der Waals surface area contributed by atoms with E-state index >= 15 is 0 Å². The lowest BCUT2D eigenvalue weighted by Gasteiger charge is -2.33. The Bertz CT molecular complexity index is 1270. The van der Waals surface area contributed by atoms with E-state index in [1.807, 2.05) is 10.3 Å². The Morgan fingerprint density at radius 2 is 1.91 bits per heavy atom. The molecule has 8 nitrogen and oxygen atoms in total. The zero-order valence-electron chi connectivity index (χ0n) is 16.2. The molecule has 1 aliphatic rings. The van der Waals surface area contributed by atoms with Gasteiger partial charge < -0.3 is 4.90 Å². The number of aromatic nitrogens is 1. The largest absolute Gasteiger partial charge is 0.345 e. The monoisotopic (exact) mass is 536 g/mol. The maximum absolute atomic E-state index is 13.6. The van der Waals surface area contributed by atoms with Crippen LogP contribution < -0.4 is 4.90 Å². The summed E-state index contributed by atoms with van der Waals surface area (Å²) in [6.07, 6.45) is 0.455. The summed E-state index contributed by atoms with van der Waals surface area (Å²) >= 11 is 13.6. The Morgan fingerprint density at radius 1 is 1.19 bits per heavy atom. The van der Waals surface area contributed by atoms with E-state index in [1.165, 1.54) is 27.8 Å². The number of hydrogen-bond donors (Lipinski definition) is 0. The quantitative estimate of drug-likeness (QED) is 0.335. The van der Waals surface area contributed by atoms with Crippen LogP contribution in [-0.2, 0) is 16.4 Å². The second-order valence-corrected chi connectivity index (χ2v) is 12.0. The fourth-order valence-electron chi connectivity index (χ4n) is 3.22. The first-order chi connectivity index (χ1) is 15.1. The highest BCUT2D eigenvalue weighted by Gasteiger charge is 2.33. The van der Waals surface area contributed by atoms with Gasteiger partial charge >= 0.3 is 0 Å². The van der Waals surface area contributed by atoms with E-state index in [9.17, 15) is 22.9 Å². The average Bonchev–Trinajstić information content (AvgIpc) is 3.38. The molecule has 0 amide bonds. The fraction of sp³-hybridized carbons (Fsp3) is 0.278. The highest BCUT2D eigenvalue weighted by atomic mass is 35.5. The normalized spacial score (nSPS) is 15.3. The minimum atomic E-state index is -3.87. The Balaban J connectivity index is 1.41. The molecule has 3 heterocycles. The van der Waals surface area contributed by atoms with Gasteiger partial charge in [-0.3, -0.25) is 10.1 Å². The molecule has 3 aromatic rings. The first kappa shape index (κ1) is 23.3. The maximum atomic E-state index is 13.6. The number of anilines is 1. The number of thiazole rings is 1. The molecule has 4 rings (SSSR count). The van der Waals surface area contributed by atoms with Gasteiger partial charge in [-0.2, -0.15) is 4.31 Å². The summed E-state index contributed by atoms with van der Waals surface area (Å²) in [5.41, 5.74) is 1.12. The van der Waals surface area contributed by atoms with Crippen LogP contribution in [0.2, 0.25) is 9.36 Å². The smallest absolute Gasteiger partial charge is 0.300 e. The summed E-state index contributed by atoms with van der Waals surface area (Å²) in [6, 6.07) is 5.64. The van der Waals surface area contributed by atoms with Crippen molar-refractivity contribution in [2.45, 2.75) is 10.6 Å². The van der Waals surface area contributed by atoms with Gasteiger partial charge in [-0.1, -0.05) is 29.3 Å². The van der Waals surface area contributed by atoms with Crippen LogP contribution in [0, 0.1) is 15.9 Å². The molecule has 0 N–H and O–H groups in total. The fourth-order valence-corrected chi connectivity index (χ4v) is 7.46. The highest BCUT2D eigenvalue weighted by Crippen LogP contribution is 2.37. The third kappa shape index (κ3) is 4.75. The lowest BCUT2D eigenvalue weighted by molar-refractivity contribution is -0.384. The minimum Gasteiger partial charge on any atom is -0.345 e. The summed E-state index contributed by atoms with van der Waals surface area (Å²) in [5.74, 6) is -0.477. The van der Waals surface area contributed by atoms with E-state index in [4.69, 9.17) is 23.2 Å². The van der Waals surface area contributed by atoms with Gasteiger partial charge in [0.25, 0.3) is 15.7 Å². The molecule has 0 atom stereocenters. The Morgan fingerprint density at radius 3 is 2.53 bits per heavy atom. The molecular formula is C18H15Cl2FN4O4S3. The Hall–Kier alpha value is -1.83. The SMILES string of the molecule is O=[N+]([O-])c1cc(S(=O)(=O)N2CCN(c3nc(Cc4ccc(Cl)c(F)c4)cs3)CC2)sc1Cl. The summed E-state index contributed by atoms with van der Waals surface area (Å²) in [6.45, 7) is 1.26. The standard InChI is InChI=1S/C18H15Cl2FN4O4S3/c19-13-2-1-11(8-14(13)21)7-12-10-30-18(22-12)23-3-5-24(6-4-23)32(28,29)16-9-15(25(26)27)17(20)31-16/h1-2,8-10H,3-7H2. The van der Waals surface area contributed by atoms with Gasteiger partial charge in [0.1, 0.15) is 10.0 Å². The van der Waals surface area contributed by atoms with Crippen molar-refractivity contribution in [2.75, 3.05) is 31.1 Å². The van der Waals surface area contributed by atoms with Crippen LogP contribution in [0.1, 0.15) is 11.3 Å². The van der Waals surface area contributed by atoms with Gasteiger partial charge in [0.05, 0.1) is 15.6 Å². The molecular weight excluding hydrogens is 522 g/mol. The molecule has 1 fully saturated rings. The minimum absolute atomic E-state index is 0.0694. The summed E-state index contributed by atoms with van der Waals surface area (Å²) in [7, 11) is -3.87. The topological polar surface area (TPSA) is 96.6 Å². The Labute approximate surface area is 201 Å². The van der Waals surface area contributed by atoms with Crippen LogP contribution >= 0.6 is 45.9 Å². The number of hydrogen-bond acceptors (Lipinski definition) is 8. The van der Waals surface area contributed by atoms with E-state index < -0.39 is 26.5 Å². The molecule has 0 aliphatic carbocycles. The number of piperazine rings is 1. The van der Waals surface area contributed by atoms with Crippen molar-refractivity contribution in [2.24, 2.45) is 0 Å². The van der Waals surface area contributed by atoms with E-state index in [-0.39, 0.29) is 26.7 Å². The summed E-state index contributed by atoms with van der Waals surface area (Å²) in [4.78, 5) is 16.8. The number of benzene rings is 1. The highest BCUT2D eigenvalue weighted by molar-refractivity contribution is 7.91. The molecule has 170 valence electrons. The molecule has 0 spiro atoms. The third-order valence-electron chi connectivity index (χ3n) is 4.86. The van der Waals surface area contributed by atoms with Gasteiger partial charge in [-0.25, -0.2) is 17.8 Å². The molecule has 1 aliphatic heterocycles. The first-order valence-electron chi connectivity index (χ1n) is 9.22. The van der Waals surface area contributed by atoms with Gasteiger partial charge in [0, 0.05) is 44.0 Å². The third-order valence-corrected chi connectivity index (χ3v) is 9.80. The van der Waals surface area contributed by atoms with Crippen molar-refractivity contribution < 1.29 is 17.7 Å². The second-order valence-electron chi connectivity index (χ2n) is 6.92. The lowest BCUT2D eigenvalue weighted by Crippen LogP contribution is -2.48. The molecule has 32 heavy (non-hydrogen) atoms. The zero-order chi connectivity index (χ0) is 23.0. The van der Waals surface area contributed by atoms with Crippen molar-refractivity contribution >= 4 is 66.7 Å². The van der Waals surface area contributed by atoms with Gasteiger partial charge in [0.2, 0.25) is 0 Å². The summed E-state index contributed by atoms with van der Waals surface area (Å²) in [5, 5.41) is 13.7. The molecule has 0 unspecified atom stereocenters. The first-order valence-corrected chi connectivity index (χ1v) is 13.1. The van der Waals surface area contributed by atoms with E-state index in [2.05, 4.69) is 4.98 Å². The van der Waals surface area contributed by atoms with Crippen LogP contribution in [0.5, 0.6) is 0 Å². The van der Waals surface area contributed by atoms with E-state index in [1.54, 1.807) is 6.07 Å². The van der Waals surface area contributed by atoms with Gasteiger partial charge in [-0.05, 0) is 17.7 Å². The predicted octanol–water partition coefficient (Wildman–Crippen LogP) is 4.66. The number of nitro groups is 1. The van der Waals surface area contributed by atoms with Crippen molar-refractivity contribution in [1.82, 2.24) is 9.29 Å². The zero-order valence-corrected chi connectivity index (χ0v) is 20.2. The Kier molecular flexibility index (Phi) is 6.71. The molecule has 0 radical (unpaired) electrons. The average molecular weight is 537 g/mol. The number of thiophene rings is 1. The number of sulfonamides is 1. The van der Waals surface area contributed by atoms with E-state index in [0.29, 0.717) is 30.8 Å². The van der Waals surface area contributed by atoms with Crippen molar-refractivity contribution in [3.8, 4) is 0 Å². The van der Waals surface area contributed by atoms with Crippen molar-refractivity contribution in [3.05, 3.63) is 66.2 Å². The van der Waals surface area contributed by atoms with Crippen LogP contribution in [-0.4, -0.2) is 48.8 Å². The van der Waals surface area contributed by atoms with Crippen LogP contribution in [0.15, 0.2) is 33.9 Å². The van der Waals surface area contributed by atoms with Crippen molar-refractivity contribution in [1.29, 1.82) is 0 Å². The van der Waals surface area contributed by atoms with Gasteiger partial charge in [0.15, 0.2) is 9.47 Å². The molecule has 0 bridgehead atoms. The predicted molar refractivity (Wildman–Crippen MR) is 123 cm³/mol. The number of nitrogens with zero attached hydrogens (tertiary/aromatic N) is 4. The molecule has 1 saturated heterocycles. The van der Waals surface area contributed by atoms with Crippen LogP contribution in [0.4, 0.5) is 15.2 Å². The van der Waals surface area contributed by atoms with E-state index in [0.717, 1.165) is 22.5 Å². The molecule has 14 heteroatoms.